The van der Waals surface area contributed by atoms with E-state index in [2.05, 4.69) is 15.5 Å². The van der Waals surface area contributed by atoms with Crippen molar-refractivity contribution >= 4 is 6.03 Å². The van der Waals surface area contributed by atoms with Gasteiger partial charge in [-0.1, -0.05) is 0 Å². The van der Waals surface area contributed by atoms with Gasteiger partial charge in [0.05, 0.1) is 18.4 Å². The van der Waals surface area contributed by atoms with Crippen LogP contribution in [0, 0.1) is 0 Å². The first-order valence-corrected chi connectivity index (χ1v) is 4.29. The third-order valence-electron chi connectivity index (χ3n) is 2.31. The van der Waals surface area contributed by atoms with Crippen LogP contribution in [-0.2, 0) is 13.0 Å². The molecule has 2 N–H and O–H groups in total. The lowest BCUT2D eigenvalue weighted by Crippen LogP contribution is -2.41. The van der Waals surface area contributed by atoms with Crippen LogP contribution >= 0.6 is 0 Å². The molecule has 0 fully saturated rings. The van der Waals surface area contributed by atoms with Gasteiger partial charge in [-0.05, 0) is 12.0 Å². The lowest BCUT2D eigenvalue weighted by atomic mass is 10.1. The Bertz CT molecular complexity index is 320. The van der Waals surface area contributed by atoms with Gasteiger partial charge in [-0.15, -0.1) is 0 Å². The molecule has 0 spiro atoms. The Balaban J connectivity index is 2.13. The third-order valence-corrected chi connectivity index (χ3v) is 2.31. The standard InChI is InChI=1S/C8H12N4O/c1-9-8(13)12-3-2-6-4-10-11-7(6)5-12/h4H,2-3,5H2,1H3,(H,9,13)(H,10,11). The molecule has 13 heavy (non-hydrogen) atoms. The van der Waals surface area contributed by atoms with Crippen molar-refractivity contribution in [3.8, 4) is 0 Å². The third kappa shape index (κ3) is 1.37. The van der Waals surface area contributed by atoms with Crippen LogP contribution < -0.4 is 5.32 Å². The fourth-order valence-electron chi connectivity index (χ4n) is 1.55. The molecule has 2 amide bonds. The molecule has 1 aliphatic rings. The molecule has 1 aliphatic heterocycles. The van der Waals surface area contributed by atoms with Crippen LogP contribution in [0.5, 0.6) is 0 Å². The molecule has 0 aromatic carbocycles. The van der Waals surface area contributed by atoms with Gasteiger partial charge in [0.2, 0.25) is 0 Å². The number of amides is 2. The first-order valence-electron chi connectivity index (χ1n) is 4.29. The molecule has 0 bridgehead atoms. The van der Waals surface area contributed by atoms with Crippen LogP contribution in [0.3, 0.4) is 0 Å². The molecule has 0 unspecified atom stereocenters. The van der Waals surface area contributed by atoms with Gasteiger partial charge in [-0.2, -0.15) is 5.10 Å². The highest BCUT2D eigenvalue weighted by molar-refractivity contribution is 5.74. The number of carbonyl (C=O) groups is 1. The van der Waals surface area contributed by atoms with Crippen LogP contribution in [-0.4, -0.2) is 34.7 Å². The summed E-state index contributed by atoms with van der Waals surface area (Å²) in [7, 11) is 1.64. The molecule has 5 heteroatoms. The summed E-state index contributed by atoms with van der Waals surface area (Å²) in [5.74, 6) is 0. The van der Waals surface area contributed by atoms with Crippen LogP contribution in [0.2, 0.25) is 0 Å². The summed E-state index contributed by atoms with van der Waals surface area (Å²) in [5, 5.41) is 9.45. The van der Waals surface area contributed by atoms with Gasteiger partial charge in [-0.3, -0.25) is 5.10 Å². The summed E-state index contributed by atoms with van der Waals surface area (Å²) in [6.45, 7) is 1.40. The van der Waals surface area contributed by atoms with E-state index in [0.717, 1.165) is 18.7 Å². The van der Waals surface area contributed by atoms with E-state index in [-0.39, 0.29) is 6.03 Å². The Morgan fingerprint density at radius 3 is 3.38 bits per heavy atom. The number of urea groups is 1. The zero-order chi connectivity index (χ0) is 9.26. The number of hydrogen-bond donors (Lipinski definition) is 2. The van der Waals surface area contributed by atoms with Gasteiger partial charge in [0, 0.05) is 13.6 Å². The topological polar surface area (TPSA) is 61.0 Å². The Hall–Kier alpha value is -1.52. The van der Waals surface area contributed by atoms with E-state index in [4.69, 9.17) is 0 Å². The van der Waals surface area contributed by atoms with Gasteiger partial charge in [-0.25, -0.2) is 4.79 Å². The zero-order valence-corrected chi connectivity index (χ0v) is 7.50. The molecular weight excluding hydrogens is 168 g/mol. The van der Waals surface area contributed by atoms with Crippen LogP contribution in [0.15, 0.2) is 6.20 Å². The number of fused-ring (bicyclic) bond motifs is 1. The number of hydrogen-bond acceptors (Lipinski definition) is 2. The van der Waals surface area contributed by atoms with Crippen molar-refractivity contribution in [1.29, 1.82) is 0 Å². The number of aromatic amines is 1. The van der Waals surface area contributed by atoms with Crippen LogP contribution in [0.25, 0.3) is 0 Å². The predicted molar refractivity (Wildman–Crippen MR) is 47.2 cm³/mol. The maximum atomic E-state index is 11.3. The van der Waals surface area contributed by atoms with E-state index < -0.39 is 0 Å². The lowest BCUT2D eigenvalue weighted by Gasteiger charge is -2.25. The monoisotopic (exact) mass is 180 g/mol. The van der Waals surface area contributed by atoms with Crippen molar-refractivity contribution in [1.82, 2.24) is 20.4 Å². The molecule has 0 radical (unpaired) electrons. The maximum Gasteiger partial charge on any atom is 0.317 e. The largest absolute Gasteiger partial charge is 0.341 e. The van der Waals surface area contributed by atoms with E-state index in [9.17, 15) is 4.79 Å². The number of H-pyrrole nitrogens is 1. The van der Waals surface area contributed by atoms with Crippen LogP contribution in [0.1, 0.15) is 11.3 Å². The van der Waals surface area contributed by atoms with Crippen molar-refractivity contribution in [2.45, 2.75) is 13.0 Å². The highest BCUT2D eigenvalue weighted by Gasteiger charge is 2.20. The van der Waals surface area contributed by atoms with Gasteiger partial charge in [0.15, 0.2) is 0 Å². The molecule has 1 aromatic heterocycles. The second-order valence-corrected chi connectivity index (χ2v) is 3.10. The van der Waals surface area contributed by atoms with Gasteiger partial charge < -0.3 is 10.2 Å². The molecule has 0 atom stereocenters. The first kappa shape index (κ1) is 8.10. The minimum atomic E-state index is -0.0275. The first-order chi connectivity index (χ1) is 6.31. The fraction of sp³-hybridized carbons (Fsp3) is 0.500. The van der Waals surface area contributed by atoms with Crippen molar-refractivity contribution in [3.63, 3.8) is 0 Å². The summed E-state index contributed by atoms with van der Waals surface area (Å²) in [6, 6.07) is -0.0275. The number of nitrogens with one attached hydrogen (secondary N) is 2. The van der Waals surface area contributed by atoms with E-state index in [1.165, 1.54) is 5.56 Å². The number of nitrogens with zero attached hydrogens (tertiary/aromatic N) is 2. The van der Waals surface area contributed by atoms with Gasteiger partial charge >= 0.3 is 6.03 Å². The second-order valence-electron chi connectivity index (χ2n) is 3.10. The van der Waals surface area contributed by atoms with E-state index in [0.29, 0.717) is 6.54 Å². The number of aromatic nitrogens is 2. The van der Waals surface area contributed by atoms with Crippen molar-refractivity contribution in [2.75, 3.05) is 13.6 Å². The maximum absolute atomic E-state index is 11.3. The fourth-order valence-corrected chi connectivity index (χ4v) is 1.55. The van der Waals surface area contributed by atoms with E-state index in [1.54, 1.807) is 11.9 Å². The van der Waals surface area contributed by atoms with E-state index in [1.807, 2.05) is 6.20 Å². The molecule has 2 rings (SSSR count). The van der Waals surface area contributed by atoms with Crippen molar-refractivity contribution in [2.24, 2.45) is 0 Å². The quantitative estimate of drug-likeness (QED) is 0.595. The number of rotatable bonds is 0. The molecule has 1 aromatic rings. The summed E-state index contributed by atoms with van der Waals surface area (Å²) in [4.78, 5) is 13.0. The SMILES string of the molecule is CNC(=O)N1CCc2cn[nH]c2C1. The van der Waals surface area contributed by atoms with Crippen LogP contribution in [0.4, 0.5) is 4.79 Å². The molecule has 0 saturated heterocycles. The smallest absolute Gasteiger partial charge is 0.317 e. The second kappa shape index (κ2) is 3.08. The summed E-state index contributed by atoms with van der Waals surface area (Å²) >= 11 is 0. The molecule has 70 valence electrons. The average molecular weight is 180 g/mol. The molecule has 0 saturated carbocycles. The Labute approximate surface area is 76.1 Å². The summed E-state index contributed by atoms with van der Waals surface area (Å²) in [6.07, 6.45) is 2.72. The summed E-state index contributed by atoms with van der Waals surface area (Å²) in [5.41, 5.74) is 2.27. The number of carbonyl (C=O) groups excluding carboxylic acids is 1. The van der Waals surface area contributed by atoms with Gasteiger partial charge in [0.25, 0.3) is 0 Å². The van der Waals surface area contributed by atoms with Crippen molar-refractivity contribution in [3.05, 3.63) is 17.5 Å². The lowest BCUT2D eigenvalue weighted by molar-refractivity contribution is 0.194. The minimum Gasteiger partial charge on any atom is -0.341 e. The minimum absolute atomic E-state index is 0.0275. The van der Waals surface area contributed by atoms with Crippen molar-refractivity contribution < 1.29 is 4.79 Å². The highest BCUT2D eigenvalue weighted by atomic mass is 16.2. The predicted octanol–water partition coefficient (Wildman–Crippen LogP) is 0.107. The van der Waals surface area contributed by atoms with E-state index >= 15 is 0 Å². The Morgan fingerprint density at radius 2 is 2.62 bits per heavy atom. The zero-order valence-electron chi connectivity index (χ0n) is 7.50. The van der Waals surface area contributed by atoms with Gasteiger partial charge in [0.1, 0.15) is 0 Å². The Morgan fingerprint density at radius 1 is 1.77 bits per heavy atom. The molecule has 5 nitrogen and oxygen atoms in total. The molecule has 0 aliphatic carbocycles. The normalized spacial score (nSPS) is 15.3. The molecular formula is C8H12N4O. The summed E-state index contributed by atoms with van der Waals surface area (Å²) < 4.78 is 0. The highest BCUT2D eigenvalue weighted by Crippen LogP contribution is 2.15. The molecule has 2 heterocycles. The Kier molecular flexibility index (Phi) is 1.92. The average Bonchev–Trinajstić information content (AvgIpc) is 2.63.